The van der Waals surface area contributed by atoms with E-state index >= 15 is 0 Å². The molecule has 1 atom stereocenters. The van der Waals surface area contributed by atoms with Gasteiger partial charge in [0, 0.05) is 3.57 Å². The number of amides is 1. The number of aliphatic hydroxyl groups is 1. The van der Waals surface area contributed by atoms with Gasteiger partial charge >= 0.3 is 0 Å². The summed E-state index contributed by atoms with van der Waals surface area (Å²) in [6.45, 7) is 3.42. The fraction of sp³-hybridized carbons (Fsp3) is 0.278. The van der Waals surface area contributed by atoms with Crippen LogP contribution in [0.15, 0.2) is 28.7 Å². The molecule has 5 nitrogen and oxygen atoms in total. The third kappa shape index (κ3) is 5.76. The molecule has 1 amide bonds. The van der Waals surface area contributed by atoms with Gasteiger partial charge in [-0.3, -0.25) is 9.63 Å². The molecule has 2 rings (SSSR count). The molecule has 0 radical (unpaired) electrons. The molecule has 0 aliphatic rings. The highest BCUT2D eigenvalue weighted by molar-refractivity contribution is 14.1. The second-order valence-corrected chi connectivity index (χ2v) is 8.72. The molecule has 2 aromatic carbocycles. The maximum Gasteiger partial charge on any atom is 0.277 e. The fourth-order valence-electron chi connectivity index (χ4n) is 2.06. The standard InChI is InChI=1S/C18H17BrClF2IN2O3/c1-8(2)14(26)7-28-25-18(27)10-6-11(19)15(21)16(22)17(10)24-13-4-3-9(23)5-12(13)20/h3-6,8,14,24,26H,7H2,1-2H3,(H,25,27). The zero-order valence-corrected chi connectivity index (χ0v) is 19.3. The van der Waals surface area contributed by atoms with Crippen LogP contribution in [0.2, 0.25) is 5.02 Å². The van der Waals surface area contributed by atoms with Gasteiger partial charge in [-0.1, -0.05) is 25.4 Å². The predicted octanol–water partition coefficient (Wildman–Crippen LogP) is 5.41. The lowest BCUT2D eigenvalue weighted by Gasteiger charge is -2.17. The average molecular weight is 590 g/mol. The summed E-state index contributed by atoms with van der Waals surface area (Å²) >= 11 is 11.1. The van der Waals surface area contributed by atoms with Crippen molar-refractivity contribution in [1.82, 2.24) is 5.48 Å². The quantitative estimate of drug-likeness (QED) is 0.230. The Bertz CT molecular complexity index is 886. The maximum absolute atomic E-state index is 14.6. The van der Waals surface area contributed by atoms with Gasteiger partial charge in [-0.2, -0.15) is 0 Å². The molecule has 1 unspecified atom stereocenters. The highest BCUT2D eigenvalue weighted by Gasteiger charge is 2.23. The zero-order chi connectivity index (χ0) is 21.0. The molecular weight excluding hydrogens is 572 g/mol. The van der Waals surface area contributed by atoms with E-state index in [0.717, 1.165) is 9.64 Å². The summed E-state index contributed by atoms with van der Waals surface area (Å²) in [4.78, 5) is 17.5. The third-order valence-corrected chi connectivity index (χ3v) is 5.35. The Morgan fingerprint density at radius 1 is 1.32 bits per heavy atom. The van der Waals surface area contributed by atoms with Crippen molar-refractivity contribution < 1.29 is 23.5 Å². The van der Waals surface area contributed by atoms with Crippen molar-refractivity contribution in [3.05, 3.63) is 54.5 Å². The lowest BCUT2D eigenvalue weighted by atomic mass is 10.1. The first kappa shape index (κ1) is 23.3. The van der Waals surface area contributed by atoms with Crippen LogP contribution in [0.1, 0.15) is 24.2 Å². The van der Waals surface area contributed by atoms with Crippen molar-refractivity contribution in [2.24, 2.45) is 5.92 Å². The van der Waals surface area contributed by atoms with Crippen molar-refractivity contribution in [3.63, 3.8) is 0 Å². The van der Waals surface area contributed by atoms with Gasteiger partial charge in [-0.15, -0.1) is 0 Å². The van der Waals surface area contributed by atoms with E-state index in [4.69, 9.17) is 16.4 Å². The van der Waals surface area contributed by atoms with Crippen molar-refractivity contribution in [3.8, 4) is 0 Å². The third-order valence-electron chi connectivity index (χ3n) is 3.79. The zero-order valence-electron chi connectivity index (χ0n) is 14.8. The van der Waals surface area contributed by atoms with Crippen LogP contribution in [0.3, 0.4) is 0 Å². The Balaban J connectivity index is 2.31. The number of rotatable bonds is 7. The molecule has 0 fully saturated rings. The van der Waals surface area contributed by atoms with Crippen LogP contribution in [0.5, 0.6) is 0 Å². The number of carbonyl (C=O) groups excluding carboxylic acids is 1. The van der Waals surface area contributed by atoms with Gasteiger partial charge in [0.25, 0.3) is 5.91 Å². The molecule has 152 valence electrons. The number of anilines is 2. The Kier molecular flexibility index (Phi) is 8.44. The van der Waals surface area contributed by atoms with Gasteiger partial charge in [-0.05, 0) is 68.7 Å². The summed E-state index contributed by atoms with van der Waals surface area (Å²) in [6.07, 6.45) is -0.791. The smallest absolute Gasteiger partial charge is 0.277 e. The van der Waals surface area contributed by atoms with Crippen LogP contribution in [0.25, 0.3) is 0 Å². The van der Waals surface area contributed by atoms with Crippen LogP contribution in [-0.4, -0.2) is 23.7 Å². The van der Waals surface area contributed by atoms with Gasteiger partial charge in [0.05, 0.1) is 32.5 Å². The molecule has 10 heteroatoms. The Hall–Kier alpha value is -1.01. The Labute approximate surface area is 188 Å². The molecule has 28 heavy (non-hydrogen) atoms. The molecule has 0 bridgehead atoms. The van der Waals surface area contributed by atoms with Crippen LogP contribution in [-0.2, 0) is 4.84 Å². The molecule has 0 aromatic heterocycles. The summed E-state index contributed by atoms with van der Waals surface area (Å²) in [5, 5.41) is 12.7. The highest BCUT2D eigenvalue weighted by Crippen LogP contribution is 2.34. The predicted molar refractivity (Wildman–Crippen MR) is 116 cm³/mol. The number of hydroxylamine groups is 1. The molecule has 0 heterocycles. The van der Waals surface area contributed by atoms with Gasteiger partial charge in [0.15, 0.2) is 11.6 Å². The number of carbonyl (C=O) groups is 1. The molecular formula is C18H17BrClF2IN2O3. The van der Waals surface area contributed by atoms with Crippen LogP contribution < -0.4 is 10.8 Å². The summed E-state index contributed by atoms with van der Waals surface area (Å²) in [5.74, 6) is -3.30. The summed E-state index contributed by atoms with van der Waals surface area (Å²) < 4.78 is 29.2. The fourth-order valence-corrected chi connectivity index (χ4v) is 3.37. The van der Waals surface area contributed by atoms with Crippen molar-refractivity contribution in [1.29, 1.82) is 0 Å². The largest absolute Gasteiger partial charge is 0.390 e. The summed E-state index contributed by atoms with van der Waals surface area (Å²) in [7, 11) is 0. The summed E-state index contributed by atoms with van der Waals surface area (Å²) in [5.41, 5.74) is 1.82. The topological polar surface area (TPSA) is 70.6 Å². The van der Waals surface area contributed by atoms with E-state index in [1.165, 1.54) is 0 Å². The summed E-state index contributed by atoms with van der Waals surface area (Å²) in [6, 6.07) is 6.06. The molecule has 3 N–H and O–H groups in total. The highest BCUT2D eigenvalue weighted by atomic mass is 127. The van der Waals surface area contributed by atoms with Crippen molar-refractivity contribution >= 4 is 67.4 Å². The van der Waals surface area contributed by atoms with Gasteiger partial charge < -0.3 is 10.4 Å². The van der Waals surface area contributed by atoms with Gasteiger partial charge in [0.2, 0.25) is 0 Å². The van der Waals surface area contributed by atoms with E-state index in [-0.39, 0.29) is 27.6 Å². The Morgan fingerprint density at radius 3 is 2.61 bits per heavy atom. The van der Waals surface area contributed by atoms with Gasteiger partial charge in [-0.25, -0.2) is 14.3 Å². The lowest BCUT2D eigenvalue weighted by molar-refractivity contribution is -0.0268. The maximum atomic E-state index is 14.6. The number of aliphatic hydroxyl groups excluding tert-OH is 1. The van der Waals surface area contributed by atoms with E-state index in [1.807, 2.05) is 0 Å². The monoisotopic (exact) mass is 588 g/mol. The van der Waals surface area contributed by atoms with Crippen molar-refractivity contribution in [2.45, 2.75) is 20.0 Å². The van der Waals surface area contributed by atoms with E-state index in [0.29, 0.717) is 5.69 Å². The average Bonchev–Trinajstić information content (AvgIpc) is 2.63. The van der Waals surface area contributed by atoms with Gasteiger partial charge in [0.1, 0.15) is 6.61 Å². The molecule has 0 spiro atoms. The first-order valence-electron chi connectivity index (χ1n) is 8.11. The normalized spacial score (nSPS) is 12.2. The second-order valence-electron chi connectivity index (χ2n) is 6.21. The minimum absolute atomic E-state index is 0.0745. The van der Waals surface area contributed by atoms with Crippen LogP contribution in [0.4, 0.5) is 20.2 Å². The van der Waals surface area contributed by atoms with Crippen molar-refractivity contribution in [2.75, 3.05) is 11.9 Å². The molecule has 0 aliphatic heterocycles. The second kappa shape index (κ2) is 10.1. The number of hydrogen-bond donors (Lipinski definition) is 3. The minimum Gasteiger partial charge on any atom is -0.390 e. The van der Waals surface area contributed by atoms with Crippen LogP contribution in [0, 0.1) is 21.1 Å². The first-order valence-corrected chi connectivity index (χ1v) is 10.4. The Morgan fingerprint density at radius 2 is 2.00 bits per heavy atom. The molecule has 0 aliphatic carbocycles. The SMILES string of the molecule is CC(C)C(O)CONC(=O)c1cc(Br)c(F)c(F)c1Nc1ccc(I)cc1Cl. The molecule has 0 saturated heterocycles. The van der Waals surface area contributed by atoms with E-state index in [1.54, 1.807) is 32.0 Å². The number of nitrogens with one attached hydrogen (secondary N) is 2. The van der Waals surface area contributed by atoms with E-state index < -0.39 is 29.3 Å². The minimum atomic E-state index is -1.25. The number of hydrogen-bond acceptors (Lipinski definition) is 4. The lowest BCUT2D eigenvalue weighted by Crippen LogP contribution is -2.31. The first-order chi connectivity index (χ1) is 13.1. The van der Waals surface area contributed by atoms with Crippen LogP contribution >= 0.6 is 50.1 Å². The molecule has 0 saturated carbocycles. The van der Waals surface area contributed by atoms with E-state index in [9.17, 15) is 18.7 Å². The number of halogens is 5. The number of benzene rings is 2. The molecule has 2 aromatic rings. The van der Waals surface area contributed by atoms with E-state index in [2.05, 4.69) is 49.3 Å².